The predicted octanol–water partition coefficient (Wildman–Crippen LogP) is 0.875. The van der Waals surface area contributed by atoms with Gasteiger partial charge in [0.05, 0.1) is 12.6 Å². The van der Waals surface area contributed by atoms with Crippen LogP contribution in [0.3, 0.4) is 0 Å². The number of nitrogens with one attached hydrogen (secondary N) is 1. The van der Waals surface area contributed by atoms with Crippen LogP contribution in [0.5, 0.6) is 0 Å². The molecule has 0 spiro atoms. The molecule has 0 saturated carbocycles. The highest BCUT2D eigenvalue weighted by Gasteiger charge is 2.13. The smallest absolute Gasteiger partial charge is 0.287 e. The molecule has 0 aliphatic heterocycles. The first-order valence-corrected chi connectivity index (χ1v) is 5.78. The summed E-state index contributed by atoms with van der Waals surface area (Å²) in [6, 6.07) is 3.24. The number of nitrogens with two attached hydrogens (primary N) is 1. The first-order chi connectivity index (χ1) is 8.02. The van der Waals surface area contributed by atoms with Gasteiger partial charge in [-0.05, 0) is 24.5 Å². The van der Waals surface area contributed by atoms with E-state index in [1.807, 2.05) is 13.8 Å². The van der Waals surface area contributed by atoms with Crippen molar-refractivity contribution in [1.29, 1.82) is 0 Å². The van der Waals surface area contributed by atoms with Gasteiger partial charge < -0.3 is 20.6 Å². The number of amides is 1. The van der Waals surface area contributed by atoms with Crippen LogP contribution in [0, 0.1) is 5.92 Å². The number of carbonyl (C=O) groups is 1. The zero-order valence-electron chi connectivity index (χ0n) is 10.3. The lowest BCUT2D eigenvalue weighted by atomic mass is 10.1. The Labute approximate surface area is 101 Å². The molecule has 5 nitrogen and oxygen atoms in total. The summed E-state index contributed by atoms with van der Waals surface area (Å²) in [6.45, 7) is 4.54. The van der Waals surface area contributed by atoms with Crippen molar-refractivity contribution in [2.75, 3.05) is 6.54 Å². The van der Waals surface area contributed by atoms with Crippen molar-refractivity contribution in [3.63, 3.8) is 0 Å². The molecule has 0 aromatic carbocycles. The molecule has 0 aliphatic rings. The van der Waals surface area contributed by atoms with Gasteiger partial charge in [0.25, 0.3) is 5.91 Å². The maximum Gasteiger partial charge on any atom is 0.287 e. The minimum Gasteiger partial charge on any atom is -0.455 e. The molecule has 5 heteroatoms. The standard InChI is InChI=1S/C12H20N2O3/c1-8(2)5-9(15)7-14-12(16)11-4-3-10(6-13)17-11/h3-4,8-9,15H,5-7,13H2,1-2H3,(H,14,16). The van der Waals surface area contributed by atoms with Gasteiger partial charge in [0.1, 0.15) is 5.76 Å². The van der Waals surface area contributed by atoms with Gasteiger partial charge in [-0.25, -0.2) is 0 Å². The van der Waals surface area contributed by atoms with Crippen molar-refractivity contribution < 1.29 is 14.3 Å². The monoisotopic (exact) mass is 240 g/mol. The van der Waals surface area contributed by atoms with Crippen LogP contribution in [0.2, 0.25) is 0 Å². The molecule has 0 radical (unpaired) electrons. The summed E-state index contributed by atoms with van der Waals surface area (Å²) in [5.74, 6) is 0.863. The molecule has 1 atom stereocenters. The van der Waals surface area contributed by atoms with Crippen LogP contribution >= 0.6 is 0 Å². The Hall–Kier alpha value is -1.33. The maximum absolute atomic E-state index is 11.6. The Morgan fingerprint density at radius 3 is 2.76 bits per heavy atom. The minimum absolute atomic E-state index is 0.224. The second-order valence-electron chi connectivity index (χ2n) is 4.46. The van der Waals surface area contributed by atoms with Crippen LogP contribution in [-0.2, 0) is 6.54 Å². The quantitative estimate of drug-likeness (QED) is 0.688. The van der Waals surface area contributed by atoms with Crippen molar-refractivity contribution in [3.8, 4) is 0 Å². The van der Waals surface area contributed by atoms with E-state index < -0.39 is 6.10 Å². The van der Waals surface area contributed by atoms with Crippen LogP contribution in [0.25, 0.3) is 0 Å². The van der Waals surface area contributed by atoms with Crippen LogP contribution in [-0.4, -0.2) is 23.7 Å². The van der Waals surface area contributed by atoms with E-state index in [0.29, 0.717) is 18.1 Å². The molecule has 4 N–H and O–H groups in total. The summed E-state index contributed by atoms with van der Waals surface area (Å²) < 4.78 is 5.19. The molecule has 1 amide bonds. The molecule has 0 bridgehead atoms. The molecule has 1 unspecified atom stereocenters. The molecule has 1 aromatic heterocycles. The van der Waals surface area contributed by atoms with Gasteiger partial charge in [-0.15, -0.1) is 0 Å². The van der Waals surface area contributed by atoms with E-state index in [0.717, 1.165) is 0 Å². The average Bonchev–Trinajstić information content (AvgIpc) is 2.73. The van der Waals surface area contributed by atoms with Crippen LogP contribution in [0.15, 0.2) is 16.5 Å². The minimum atomic E-state index is -0.525. The topological polar surface area (TPSA) is 88.5 Å². The number of furan rings is 1. The Bertz CT molecular complexity index is 360. The van der Waals surface area contributed by atoms with Gasteiger partial charge in [-0.3, -0.25) is 4.79 Å². The molecule has 1 rings (SSSR count). The van der Waals surface area contributed by atoms with Crippen molar-refractivity contribution >= 4 is 5.91 Å². The zero-order valence-corrected chi connectivity index (χ0v) is 10.3. The zero-order chi connectivity index (χ0) is 12.8. The molecule has 17 heavy (non-hydrogen) atoms. The largest absolute Gasteiger partial charge is 0.455 e. The highest BCUT2D eigenvalue weighted by molar-refractivity contribution is 5.91. The maximum atomic E-state index is 11.6. The summed E-state index contributed by atoms with van der Waals surface area (Å²) in [4.78, 5) is 11.6. The number of hydrogen-bond acceptors (Lipinski definition) is 4. The van der Waals surface area contributed by atoms with Gasteiger partial charge in [-0.2, -0.15) is 0 Å². The molecule has 1 aromatic rings. The Balaban J connectivity index is 2.39. The third kappa shape index (κ3) is 4.58. The second kappa shape index (κ2) is 6.42. The number of hydrogen-bond donors (Lipinski definition) is 3. The highest BCUT2D eigenvalue weighted by atomic mass is 16.4. The predicted molar refractivity (Wildman–Crippen MR) is 64.4 cm³/mol. The number of rotatable bonds is 6. The summed E-state index contributed by atoms with van der Waals surface area (Å²) in [6.07, 6.45) is 0.134. The number of aliphatic hydroxyl groups excluding tert-OH is 1. The van der Waals surface area contributed by atoms with Crippen molar-refractivity contribution in [2.24, 2.45) is 11.7 Å². The lowest BCUT2D eigenvalue weighted by molar-refractivity contribution is 0.0872. The number of carbonyl (C=O) groups excluding carboxylic acids is 1. The Morgan fingerprint density at radius 2 is 2.24 bits per heavy atom. The molecule has 1 heterocycles. The van der Waals surface area contributed by atoms with E-state index in [4.69, 9.17) is 10.2 Å². The average molecular weight is 240 g/mol. The lowest BCUT2D eigenvalue weighted by Gasteiger charge is -2.13. The fourth-order valence-corrected chi connectivity index (χ4v) is 1.53. The summed E-state index contributed by atoms with van der Waals surface area (Å²) in [5.41, 5.74) is 5.37. The number of aliphatic hydroxyl groups is 1. The third-order valence-electron chi connectivity index (χ3n) is 2.33. The molecule has 0 fully saturated rings. The summed E-state index contributed by atoms with van der Waals surface area (Å²) in [7, 11) is 0. The Kier molecular flexibility index (Phi) is 5.18. The fourth-order valence-electron chi connectivity index (χ4n) is 1.53. The van der Waals surface area contributed by atoms with E-state index in [2.05, 4.69) is 5.32 Å². The molecular formula is C12H20N2O3. The summed E-state index contributed by atoms with van der Waals surface area (Å²) in [5, 5.41) is 12.2. The Morgan fingerprint density at radius 1 is 1.53 bits per heavy atom. The van der Waals surface area contributed by atoms with E-state index in [9.17, 15) is 9.90 Å². The molecule has 96 valence electrons. The summed E-state index contributed by atoms with van der Waals surface area (Å²) >= 11 is 0. The van der Waals surface area contributed by atoms with Crippen LogP contribution in [0.1, 0.15) is 36.6 Å². The first kappa shape index (κ1) is 13.7. The van der Waals surface area contributed by atoms with E-state index in [1.54, 1.807) is 12.1 Å². The fraction of sp³-hybridized carbons (Fsp3) is 0.583. The molecule has 0 saturated heterocycles. The third-order valence-corrected chi connectivity index (χ3v) is 2.33. The highest BCUT2D eigenvalue weighted by Crippen LogP contribution is 2.07. The van der Waals surface area contributed by atoms with E-state index in [-0.39, 0.29) is 24.8 Å². The molecule has 0 aliphatic carbocycles. The van der Waals surface area contributed by atoms with E-state index >= 15 is 0 Å². The van der Waals surface area contributed by atoms with Gasteiger partial charge in [-0.1, -0.05) is 13.8 Å². The van der Waals surface area contributed by atoms with Gasteiger partial charge in [0.2, 0.25) is 0 Å². The van der Waals surface area contributed by atoms with Crippen molar-refractivity contribution in [3.05, 3.63) is 23.7 Å². The van der Waals surface area contributed by atoms with Gasteiger partial charge >= 0.3 is 0 Å². The first-order valence-electron chi connectivity index (χ1n) is 5.78. The van der Waals surface area contributed by atoms with Gasteiger partial charge in [0.15, 0.2) is 5.76 Å². The van der Waals surface area contributed by atoms with Crippen molar-refractivity contribution in [1.82, 2.24) is 5.32 Å². The van der Waals surface area contributed by atoms with Gasteiger partial charge in [0, 0.05) is 6.54 Å². The van der Waals surface area contributed by atoms with Crippen LogP contribution in [0.4, 0.5) is 0 Å². The van der Waals surface area contributed by atoms with Crippen molar-refractivity contribution in [2.45, 2.75) is 32.9 Å². The van der Waals surface area contributed by atoms with E-state index in [1.165, 1.54) is 0 Å². The molecular weight excluding hydrogens is 220 g/mol. The van der Waals surface area contributed by atoms with Crippen LogP contribution < -0.4 is 11.1 Å². The lowest BCUT2D eigenvalue weighted by Crippen LogP contribution is -2.32. The second-order valence-corrected chi connectivity index (χ2v) is 4.46. The normalized spacial score (nSPS) is 12.8. The SMILES string of the molecule is CC(C)CC(O)CNC(=O)c1ccc(CN)o1.